The average Bonchev–Trinajstić information content (AvgIpc) is 2.77. The van der Waals surface area contributed by atoms with Crippen molar-refractivity contribution in [3.63, 3.8) is 0 Å². The van der Waals surface area contributed by atoms with Crippen LogP contribution in [0.4, 0.5) is 4.39 Å². The fourth-order valence-electron chi connectivity index (χ4n) is 2.11. The van der Waals surface area contributed by atoms with Crippen LogP contribution in [-0.4, -0.2) is 37.9 Å². The summed E-state index contributed by atoms with van der Waals surface area (Å²) in [4.78, 5) is 3.59. The smallest absolute Gasteiger partial charge is 1.00 e. The van der Waals surface area contributed by atoms with Crippen molar-refractivity contribution in [3.8, 4) is 5.75 Å². The van der Waals surface area contributed by atoms with Gasteiger partial charge in [-0.15, -0.1) is 0 Å². The number of ether oxygens (including phenoxy) is 2. The first-order valence-corrected chi connectivity index (χ1v) is 6.93. The van der Waals surface area contributed by atoms with Crippen LogP contribution in [0.3, 0.4) is 0 Å². The maximum Gasteiger partial charge on any atom is 1.00 e. The number of halogens is 3. The highest BCUT2D eigenvalue weighted by molar-refractivity contribution is 14.1. The lowest BCUT2D eigenvalue weighted by Crippen LogP contribution is -3.00. The summed E-state index contributed by atoms with van der Waals surface area (Å²) >= 11 is 2.04. The summed E-state index contributed by atoms with van der Waals surface area (Å²) in [5.74, 6) is 0.213. The molecular formula is C12H17ClFIN2O2. The van der Waals surface area contributed by atoms with E-state index in [1.165, 1.54) is 6.20 Å². The van der Waals surface area contributed by atoms with Gasteiger partial charge in [-0.3, -0.25) is 0 Å². The zero-order chi connectivity index (χ0) is 13.0. The third-order valence-corrected chi connectivity index (χ3v) is 3.81. The molecule has 0 aliphatic carbocycles. The van der Waals surface area contributed by atoms with Gasteiger partial charge in [-0.1, -0.05) is 0 Å². The van der Waals surface area contributed by atoms with Crippen LogP contribution in [0.25, 0.3) is 0 Å². The van der Waals surface area contributed by atoms with Crippen LogP contribution in [0.5, 0.6) is 5.75 Å². The number of pyridine rings is 1. The van der Waals surface area contributed by atoms with Gasteiger partial charge in [-0.05, 0) is 41.0 Å². The van der Waals surface area contributed by atoms with Gasteiger partial charge in [-0.2, -0.15) is 4.39 Å². The van der Waals surface area contributed by atoms with Crippen molar-refractivity contribution in [1.29, 1.82) is 0 Å². The molecule has 4 nitrogen and oxygen atoms in total. The maximum atomic E-state index is 13.4. The van der Waals surface area contributed by atoms with Crippen molar-refractivity contribution in [2.24, 2.45) is 5.92 Å². The highest BCUT2D eigenvalue weighted by Gasteiger charge is 2.25. The van der Waals surface area contributed by atoms with E-state index in [2.05, 4.69) is 10.3 Å². The van der Waals surface area contributed by atoms with E-state index < -0.39 is 5.95 Å². The number of nitrogens with one attached hydrogen (secondary N) is 1. The van der Waals surface area contributed by atoms with Crippen LogP contribution in [0.2, 0.25) is 0 Å². The fraction of sp³-hybridized carbons (Fsp3) is 0.583. The lowest BCUT2D eigenvalue weighted by Gasteiger charge is -2.13. The highest BCUT2D eigenvalue weighted by Crippen LogP contribution is 2.23. The van der Waals surface area contributed by atoms with Crippen molar-refractivity contribution in [2.45, 2.75) is 12.5 Å². The molecule has 1 aliphatic rings. The molecule has 1 fully saturated rings. The Hall–Kier alpha value is -0.180. The third kappa shape index (κ3) is 4.70. The second-order valence-corrected chi connectivity index (χ2v) is 5.55. The van der Waals surface area contributed by atoms with Crippen LogP contribution >= 0.6 is 22.6 Å². The molecule has 0 amide bonds. The molecule has 1 aromatic rings. The predicted octanol–water partition coefficient (Wildman–Crippen LogP) is -1.05. The van der Waals surface area contributed by atoms with Gasteiger partial charge < -0.3 is 27.2 Å². The molecule has 0 bridgehead atoms. The molecule has 19 heavy (non-hydrogen) atoms. The lowest BCUT2D eigenvalue weighted by atomic mass is 10.1. The Morgan fingerprint density at radius 3 is 3.05 bits per heavy atom. The van der Waals surface area contributed by atoms with Crippen LogP contribution in [0, 0.1) is 15.4 Å². The fourth-order valence-corrected chi connectivity index (χ4v) is 2.64. The lowest BCUT2D eigenvalue weighted by molar-refractivity contribution is -0.00000488. The molecule has 1 aromatic heterocycles. The molecule has 1 aliphatic heterocycles. The number of aromatic nitrogens is 1. The Morgan fingerprint density at radius 1 is 1.58 bits per heavy atom. The molecule has 2 heterocycles. The topological polar surface area (TPSA) is 43.4 Å². The third-order valence-electron chi connectivity index (χ3n) is 2.96. The zero-order valence-corrected chi connectivity index (χ0v) is 13.4. The molecule has 0 saturated carbocycles. The monoisotopic (exact) mass is 402 g/mol. The largest absolute Gasteiger partial charge is 1.00 e. The molecule has 0 spiro atoms. The van der Waals surface area contributed by atoms with Gasteiger partial charge in [0.25, 0.3) is 5.95 Å². The minimum atomic E-state index is -0.548. The van der Waals surface area contributed by atoms with E-state index in [4.69, 9.17) is 9.47 Å². The van der Waals surface area contributed by atoms with Crippen LogP contribution in [-0.2, 0) is 4.74 Å². The molecule has 0 aromatic carbocycles. The van der Waals surface area contributed by atoms with E-state index >= 15 is 0 Å². The van der Waals surface area contributed by atoms with Gasteiger partial charge in [0, 0.05) is 25.9 Å². The average molecular weight is 403 g/mol. The van der Waals surface area contributed by atoms with Gasteiger partial charge in [0.2, 0.25) is 0 Å². The van der Waals surface area contributed by atoms with Gasteiger partial charge in [0.05, 0.1) is 10.2 Å². The van der Waals surface area contributed by atoms with Gasteiger partial charge in [-0.25, -0.2) is 4.98 Å². The first-order chi connectivity index (χ1) is 8.70. The second-order valence-electron chi connectivity index (χ2n) is 4.39. The normalized spacial score (nSPS) is 22.1. The van der Waals surface area contributed by atoms with Gasteiger partial charge in [0.15, 0.2) is 5.75 Å². The number of methoxy groups -OCH3 is 1. The van der Waals surface area contributed by atoms with Crippen LogP contribution < -0.4 is 22.5 Å². The molecule has 1 saturated heterocycles. The van der Waals surface area contributed by atoms with Crippen LogP contribution in [0.1, 0.15) is 7.85 Å². The van der Waals surface area contributed by atoms with E-state index in [1.807, 2.05) is 22.6 Å². The second kappa shape index (κ2) is 8.18. The Bertz CT molecular complexity index is 397. The minimum absolute atomic E-state index is 0. The summed E-state index contributed by atoms with van der Waals surface area (Å²) in [6.07, 6.45) is 2.43. The first kappa shape index (κ1) is 16.9. The zero-order valence-electron chi connectivity index (χ0n) is 11.5. The number of hydrogen-bond donors (Lipinski definition) is 1. The van der Waals surface area contributed by atoms with Crippen molar-refractivity contribution in [2.75, 3.05) is 26.9 Å². The predicted molar refractivity (Wildman–Crippen MR) is 75.3 cm³/mol. The summed E-state index contributed by atoms with van der Waals surface area (Å²) in [6.45, 7) is 2.13. The van der Waals surface area contributed by atoms with Gasteiger partial charge >= 0.3 is 1.43 Å². The summed E-state index contributed by atoms with van der Waals surface area (Å²) in [6, 6.07) is 1.98. The molecule has 0 radical (unpaired) electrons. The number of hydrogen-bond acceptors (Lipinski definition) is 4. The van der Waals surface area contributed by atoms with Crippen LogP contribution in [0.15, 0.2) is 12.3 Å². The van der Waals surface area contributed by atoms with Gasteiger partial charge in [0.1, 0.15) is 6.61 Å². The van der Waals surface area contributed by atoms with Crippen molar-refractivity contribution < 1.29 is 27.7 Å². The quantitative estimate of drug-likeness (QED) is 0.504. The highest BCUT2D eigenvalue weighted by atomic mass is 127. The van der Waals surface area contributed by atoms with E-state index in [0.717, 1.165) is 23.1 Å². The molecule has 108 valence electrons. The SMILES string of the molecule is COCC1CN[C@H](COc2c(I)ccnc2F)C1.[Cl-].[H+]. The Balaban J connectivity index is 0.00000180. The molecule has 1 unspecified atom stereocenters. The number of rotatable bonds is 5. The van der Waals surface area contributed by atoms with E-state index in [-0.39, 0.29) is 25.6 Å². The summed E-state index contributed by atoms with van der Waals surface area (Å²) in [5.41, 5.74) is 0. The van der Waals surface area contributed by atoms with E-state index in [9.17, 15) is 4.39 Å². The molecular weight excluding hydrogens is 385 g/mol. The summed E-state index contributed by atoms with van der Waals surface area (Å²) in [5, 5.41) is 3.35. The Morgan fingerprint density at radius 2 is 2.37 bits per heavy atom. The Labute approximate surface area is 133 Å². The minimum Gasteiger partial charge on any atom is -1.00 e. The maximum absolute atomic E-state index is 13.4. The molecule has 2 atom stereocenters. The van der Waals surface area contributed by atoms with Crippen molar-refractivity contribution in [1.82, 2.24) is 10.3 Å². The summed E-state index contributed by atoms with van der Waals surface area (Å²) < 4.78 is 24.8. The summed E-state index contributed by atoms with van der Waals surface area (Å²) in [7, 11) is 1.71. The van der Waals surface area contributed by atoms with E-state index in [1.54, 1.807) is 13.2 Å². The molecule has 2 rings (SSSR count). The Kier molecular flexibility index (Phi) is 7.27. The molecule has 1 N–H and O–H groups in total. The first-order valence-electron chi connectivity index (χ1n) is 5.85. The standard InChI is InChI=1S/C12H16FIN2O2.ClH/c1-17-6-8-4-9(16-5-8)7-18-11-10(14)2-3-15-12(11)13;/h2-3,8-9,16H,4-7H2,1H3;1H/t8?,9-;/m0./s1. The van der Waals surface area contributed by atoms with E-state index in [0.29, 0.717) is 12.5 Å². The van der Waals surface area contributed by atoms with Crippen molar-refractivity contribution in [3.05, 3.63) is 21.8 Å². The molecule has 7 heteroatoms. The van der Waals surface area contributed by atoms with Crippen molar-refractivity contribution >= 4 is 22.6 Å². The number of nitrogens with zero attached hydrogens (tertiary/aromatic N) is 1.